The summed E-state index contributed by atoms with van der Waals surface area (Å²) in [7, 11) is 0. The molecule has 21 heavy (non-hydrogen) atoms. The largest absolute Gasteiger partial charge is 0.395 e. The first-order valence-corrected chi connectivity index (χ1v) is 7.92. The fourth-order valence-corrected chi connectivity index (χ4v) is 3.60. The Morgan fingerprint density at radius 3 is 2.71 bits per heavy atom. The molecule has 3 rings (SSSR count). The number of nitrogens with zero attached hydrogens (tertiary/aromatic N) is 4. The van der Waals surface area contributed by atoms with Gasteiger partial charge >= 0.3 is 0 Å². The summed E-state index contributed by atoms with van der Waals surface area (Å²) >= 11 is 0. The summed E-state index contributed by atoms with van der Waals surface area (Å²) in [4.78, 5) is 13.5. The normalized spacial score (nSPS) is 27.5. The van der Waals surface area contributed by atoms with Crippen molar-refractivity contribution in [2.45, 2.75) is 44.3 Å². The minimum absolute atomic E-state index is 0.283. The molecule has 2 unspecified atom stereocenters. The standard InChI is InChI=1S/C15H25N5O/c16-14-5-6-17-15(18-14)10-20-8-1-3-12(20)9-19-7-2-4-13(19)11-21/h5-6,12-13,21H,1-4,7-11H2,(H2,16,17,18). The lowest BCUT2D eigenvalue weighted by atomic mass is 10.2. The Labute approximate surface area is 126 Å². The van der Waals surface area contributed by atoms with E-state index in [-0.39, 0.29) is 6.61 Å². The molecule has 0 radical (unpaired) electrons. The molecule has 3 N–H and O–H groups in total. The van der Waals surface area contributed by atoms with E-state index in [0.29, 0.717) is 17.9 Å². The van der Waals surface area contributed by atoms with Gasteiger partial charge in [-0.15, -0.1) is 0 Å². The molecule has 1 aromatic rings. The van der Waals surface area contributed by atoms with Gasteiger partial charge in [0.15, 0.2) is 0 Å². The molecule has 0 bridgehead atoms. The minimum atomic E-state index is 0.283. The van der Waals surface area contributed by atoms with Crippen LogP contribution < -0.4 is 5.73 Å². The van der Waals surface area contributed by atoms with Gasteiger partial charge in [-0.3, -0.25) is 9.80 Å². The Bertz CT molecular complexity index is 469. The van der Waals surface area contributed by atoms with Crippen LogP contribution in [-0.2, 0) is 6.54 Å². The van der Waals surface area contributed by atoms with Gasteiger partial charge < -0.3 is 10.8 Å². The molecule has 0 aliphatic carbocycles. The van der Waals surface area contributed by atoms with Crippen molar-refractivity contribution >= 4 is 5.82 Å². The number of likely N-dealkylation sites (tertiary alicyclic amines) is 2. The maximum absolute atomic E-state index is 9.45. The van der Waals surface area contributed by atoms with E-state index in [1.165, 1.54) is 19.3 Å². The second kappa shape index (κ2) is 6.68. The second-order valence-corrected chi connectivity index (χ2v) is 6.14. The Kier molecular flexibility index (Phi) is 4.67. The Morgan fingerprint density at radius 1 is 1.19 bits per heavy atom. The highest BCUT2D eigenvalue weighted by Crippen LogP contribution is 2.24. The number of anilines is 1. The zero-order chi connectivity index (χ0) is 14.7. The molecule has 0 aromatic carbocycles. The second-order valence-electron chi connectivity index (χ2n) is 6.14. The highest BCUT2D eigenvalue weighted by Gasteiger charge is 2.31. The van der Waals surface area contributed by atoms with Crippen LogP contribution in [0.15, 0.2) is 12.3 Å². The SMILES string of the molecule is Nc1ccnc(CN2CCCC2CN2CCCC2CO)n1. The third-order valence-electron chi connectivity index (χ3n) is 4.73. The van der Waals surface area contributed by atoms with Crippen LogP contribution in [0.3, 0.4) is 0 Å². The van der Waals surface area contributed by atoms with Crippen molar-refractivity contribution in [1.82, 2.24) is 19.8 Å². The first-order chi connectivity index (χ1) is 10.3. The summed E-state index contributed by atoms with van der Waals surface area (Å²) in [5.41, 5.74) is 5.73. The maximum atomic E-state index is 9.45. The average Bonchev–Trinajstić information content (AvgIpc) is 3.09. The molecule has 2 fully saturated rings. The smallest absolute Gasteiger partial charge is 0.144 e. The van der Waals surface area contributed by atoms with Crippen LogP contribution in [0.4, 0.5) is 5.82 Å². The van der Waals surface area contributed by atoms with Crippen molar-refractivity contribution < 1.29 is 5.11 Å². The Balaban J connectivity index is 1.60. The van der Waals surface area contributed by atoms with E-state index >= 15 is 0 Å². The zero-order valence-electron chi connectivity index (χ0n) is 12.5. The number of nitrogens with two attached hydrogens (primary N) is 1. The van der Waals surface area contributed by atoms with E-state index in [0.717, 1.165) is 38.4 Å². The number of rotatable bonds is 5. The molecule has 2 saturated heterocycles. The molecule has 1 aromatic heterocycles. The van der Waals surface area contributed by atoms with Crippen LogP contribution in [0.2, 0.25) is 0 Å². The number of hydrogen-bond donors (Lipinski definition) is 2. The van der Waals surface area contributed by atoms with Gasteiger partial charge in [-0.1, -0.05) is 0 Å². The van der Waals surface area contributed by atoms with Gasteiger partial charge in [-0.05, 0) is 44.8 Å². The number of hydrogen-bond acceptors (Lipinski definition) is 6. The average molecular weight is 291 g/mol. The van der Waals surface area contributed by atoms with E-state index in [1.807, 2.05) is 0 Å². The summed E-state index contributed by atoms with van der Waals surface area (Å²) in [5.74, 6) is 1.35. The third-order valence-corrected chi connectivity index (χ3v) is 4.73. The van der Waals surface area contributed by atoms with Gasteiger partial charge in [0.05, 0.1) is 13.2 Å². The number of aliphatic hydroxyl groups excluding tert-OH is 1. The van der Waals surface area contributed by atoms with E-state index < -0.39 is 0 Å². The zero-order valence-corrected chi connectivity index (χ0v) is 12.5. The summed E-state index contributed by atoms with van der Waals surface area (Å²) in [6.45, 7) is 4.32. The molecule has 3 heterocycles. The fourth-order valence-electron chi connectivity index (χ4n) is 3.60. The van der Waals surface area contributed by atoms with Crippen molar-refractivity contribution in [3.63, 3.8) is 0 Å². The fraction of sp³-hybridized carbons (Fsp3) is 0.733. The first kappa shape index (κ1) is 14.7. The number of nitrogen functional groups attached to an aromatic ring is 1. The van der Waals surface area contributed by atoms with Crippen LogP contribution in [-0.4, -0.2) is 63.2 Å². The molecule has 6 nitrogen and oxygen atoms in total. The predicted octanol–water partition coefficient (Wildman–Crippen LogP) is 0.480. The van der Waals surface area contributed by atoms with E-state index in [4.69, 9.17) is 5.73 Å². The lowest BCUT2D eigenvalue weighted by Gasteiger charge is -2.30. The highest BCUT2D eigenvalue weighted by molar-refractivity contribution is 5.25. The van der Waals surface area contributed by atoms with Crippen molar-refractivity contribution in [2.75, 3.05) is 32.0 Å². The predicted molar refractivity (Wildman–Crippen MR) is 81.6 cm³/mol. The van der Waals surface area contributed by atoms with Gasteiger partial charge in [0.1, 0.15) is 11.6 Å². The van der Waals surface area contributed by atoms with Crippen molar-refractivity contribution in [1.29, 1.82) is 0 Å². The lowest BCUT2D eigenvalue weighted by molar-refractivity contribution is 0.119. The molecule has 116 valence electrons. The monoisotopic (exact) mass is 291 g/mol. The van der Waals surface area contributed by atoms with E-state index in [9.17, 15) is 5.11 Å². The van der Waals surface area contributed by atoms with Crippen molar-refractivity contribution in [3.05, 3.63) is 18.1 Å². The molecule has 2 aliphatic heterocycles. The van der Waals surface area contributed by atoms with E-state index in [1.54, 1.807) is 12.3 Å². The molecular weight excluding hydrogens is 266 g/mol. The minimum Gasteiger partial charge on any atom is -0.395 e. The summed E-state index contributed by atoms with van der Waals surface area (Å²) < 4.78 is 0. The summed E-state index contributed by atoms with van der Waals surface area (Å²) in [6, 6.07) is 2.62. The van der Waals surface area contributed by atoms with Crippen molar-refractivity contribution in [2.24, 2.45) is 0 Å². The van der Waals surface area contributed by atoms with Crippen LogP contribution in [0.1, 0.15) is 31.5 Å². The Hall–Kier alpha value is -1.24. The molecule has 2 atom stereocenters. The van der Waals surface area contributed by atoms with Gasteiger partial charge in [-0.2, -0.15) is 0 Å². The molecule has 0 amide bonds. The quantitative estimate of drug-likeness (QED) is 0.821. The topological polar surface area (TPSA) is 78.5 Å². The number of aliphatic hydroxyl groups is 1. The van der Waals surface area contributed by atoms with Crippen LogP contribution >= 0.6 is 0 Å². The summed E-state index contributed by atoms with van der Waals surface area (Å²) in [5, 5.41) is 9.45. The number of aromatic nitrogens is 2. The first-order valence-electron chi connectivity index (χ1n) is 7.92. The molecule has 6 heteroatoms. The third kappa shape index (κ3) is 3.51. The summed E-state index contributed by atoms with van der Waals surface area (Å²) in [6.07, 6.45) is 6.50. The van der Waals surface area contributed by atoms with Gasteiger partial charge in [0.2, 0.25) is 0 Å². The van der Waals surface area contributed by atoms with Gasteiger partial charge in [0.25, 0.3) is 0 Å². The van der Waals surface area contributed by atoms with Gasteiger partial charge in [-0.25, -0.2) is 9.97 Å². The molecule has 2 aliphatic rings. The van der Waals surface area contributed by atoms with Crippen LogP contribution in [0.5, 0.6) is 0 Å². The highest BCUT2D eigenvalue weighted by atomic mass is 16.3. The molecular formula is C15H25N5O. The van der Waals surface area contributed by atoms with Gasteiger partial charge in [0, 0.05) is 24.8 Å². The molecule has 0 saturated carbocycles. The van der Waals surface area contributed by atoms with Crippen LogP contribution in [0, 0.1) is 0 Å². The van der Waals surface area contributed by atoms with Crippen LogP contribution in [0.25, 0.3) is 0 Å². The van der Waals surface area contributed by atoms with E-state index in [2.05, 4.69) is 19.8 Å². The Morgan fingerprint density at radius 2 is 1.95 bits per heavy atom. The molecule has 0 spiro atoms. The maximum Gasteiger partial charge on any atom is 0.144 e. The van der Waals surface area contributed by atoms with Crippen molar-refractivity contribution in [3.8, 4) is 0 Å². The lowest BCUT2D eigenvalue weighted by Crippen LogP contribution is -2.43.